The number of para-hydroxylation sites is 1. The molecule has 0 unspecified atom stereocenters. The summed E-state index contributed by atoms with van der Waals surface area (Å²) >= 11 is 0. The molecule has 0 aliphatic heterocycles. The van der Waals surface area contributed by atoms with Gasteiger partial charge in [0.2, 0.25) is 0 Å². The number of nitrogens with zero attached hydrogens (tertiary/aromatic N) is 4. The quantitative estimate of drug-likeness (QED) is 0.269. The summed E-state index contributed by atoms with van der Waals surface area (Å²) in [4.78, 5) is 40.3. The van der Waals surface area contributed by atoms with Crippen LogP contribution in [0.5, 0.6) is 0 Å². The molecule has 0 fully saturated rings. The van der Waals surface area contributed by atoms with Crippen molar-refractivity contribution in [3.05, 3.63) is 87.6 Å². The van der Waals surface area contributed by atoms with E-state index >= 15 is 0 Å². The number of nitrogens with one attached hydrogen (secondary N) is 1. The number of amides is 1. The Balaban J connectivity index is 1.77. The zero-order valence-electron chi connectivity index (χ0n) is 17.8. The Hall–Kier alpha value is -4.60. The van der Waals surface area contributed by atoms with Crippen LogP contribution in [0.1, 0.15) is 33.2 Å². The maximum absolute atomic E-state index is 12.9. The number of fused-ring (bicyclic) bond motifs is 1. The van der Waals surface area contributed by atoms with Crippen LogP contribution >= 0.6 is 0 Å². The van der Waals surface area contributed by atoms with Crippen LogP contribution in [0.15, 0.2) is 60.8 Å². The smallest absolute Gasteiger partial charge is 0.343 e. The predicted molar refractivity (Wildman–Crippen MR) is 121 cm³/mol. The van der Waals surface area contributed by atoms with Crippen molar-refractivity contribution in [1.82, 2.24) is 14.8 Å². The molecule has 2 heterocycles. The number of rotatable bonds is 6. The number of hydrogen-bond acceptors (Lipinski definition) is 7. The summed E-state index contributed by atoms with van der Waals surface area (Å²) in [6, 6.07) is 14.5. The van der Waals surface area contributed by atoms with E-state index in [1.807, 2.05) is 31.2 Å². The average molecular weight is 445 g/mol. The van der Waals surface area contributed by atoms with Crippen LogP contribution in [0.2, 0.25) is 0 Å². The van der Waals surface area contributed by atoms with Crippen LogP contribution in [0.3, 0.4) is 0 Å². The average Bonchev–Trinajstić information content (AvgIpc) is 3.23. The summed E-state index contributed by atoms with van der Waals surface area (Å²) in [5.74, 6) is -0.741. The molecule has 10 nitrogen and oxygen atoms in total. The number of pyridine rings is 1. The molecular formula is C23H19N5O5. The normalized spacial score (nSPS) is 10.7. The molecule has 4 aromatic rings. The Bertz CT molecular complexity index is 1380. The Morgan fingerprint density at radius 2 is 1.88 bits per heavy atom. The van der Waals surface area contributed by atoms with Gasteiger partial charge in [0.15, 0.2) is 11.6 Å². The topological polar surface area (TPSA) is 129 Å². The van der Waals surface area contributed by atoms with Crippen molar-refractivity contribution >= 4 is 34.3 Å². The van der Waals surface area contributed by atoms with Crippen LogP contribution in [-0.2, 0) is 4.74 Å². The number of ether oxygens (including phenoxy) is 1. The first-order valence-corrected chi connectivity index (χ1v) is 10.1. The second-order valence-electron chi connectivity index (χ2n) is 7.11. The third kappa shape index (κ3) is 4.26. The molecule has 1 N–H and O–H groups in total. The van der Waals surface area contributed by atoms with Gasteiger partial charge in [-0.2, -0.15) is 9.78 Å². The highest BCUT2D eigenvalue weighted by molar-refractivity contribution is 6.07. The lowest BCUT2D eigenvalue weighted by Gasteiger charge is -2.12. The van der Waals surface area contributed by atoms with E-state index in [9.17, 15) is 19.7 Å². The summed E-state index contributed by atoms with van der Waals surface area (Å²) in [7, 11) is 0. The molecule has 1 amide bonds. The van der Waals surface area contributed by atoms with Crippen molar-refractivity contribution in [2.75, 3.05) is 11.9 Å². The molecular weight excluding hydrogens is 426 g/mol. The lowest BCUT2D eigenvalue weighted by atomic mass is 10.1. The van der Waals surface area contributed by atoms with Gasteiger partial charge in [-0.1, -0.05) is 18.2 Å². The molecule has 0 spiro atoms. The number of aryl methyl sites for hydroxylation is 1. The number of carbonyl (C=O) groups is 2. The number of nitro groups is 1. The van der Waals surface area contributed by atoms with Gasteiger partial charge in [0, 0.05) is 23.1 Å². The minimum Gasteiger partial charge on any atom is -0.462 e. The van der Waals surface area contributed by atoms with Crippen LogP contribution in [0.25, 0.3) is 16.7 Å². The summed E-state index contributed by atoms with van der Waals surface area (Å²) in [5, 5.41) is 18.8. The SMILES string of the molecule is CCOC(=O)c1cnn(-c2cc(C)c3ccccc3n2)c1NC(=O)c1ccc([N+](=O)[O-])cc1. The fourth-order valence-corrected chi connectivity index (χ4v) is 3.36. The van der Waals surface area contributed by atoms with Crippen molar-refractivity contribution in [2.45, 2.75) is 13.8 Å². The molecule has 10 heteroatoms. The number of nitro benzene ring substituents is 1. The Labute approximate surface area is 188 Å². The minimum atomic E-state index is -0.653. The van der Waals surface area contributed by atoms with E-state index in [1.165, 1.54) is 35.1 Å². The monoisotopic (exact) mass is 445 g/mol. The number of esters is 1. The van der Waals surface area contributed by atoms with Crippen molar-refractivity contribution < 1.29 is 19.2 Å². The fourth-order valence-electron chi connectivity index (χ4n) is 3.36. The third-order valence-electron chi connectivity index (χ3n) is 4.96. The van der Waals surface area contributed by atoms with Gasteiger partial charge in [-0.25, -0.2) is 9.78 Å². The minimum absolute atomic E-state index is 0.0553. The largest absolute Gasteiger partial charge is 0.462 e. The molecule has 2 aromatic carbocycles. The standard InChI is InChI=1S/C23H19N5O5/c1-3-33-23(30)18-13-24-27(20-12-14(2)17-6-4-5-7-19(17)25-20)21(18)26-22(29)15-8-10-16(11-9-15)28(31)32/h4-13H,3H2,1-2H3,(H,26,29). The second kappa shape index (κ2) is 8.87. The lowest BCUT2D eigenvalue weighted by Crippen LogP contribution is -2.18. The lowest BCUT2D eigenvalue weighted by molar-refractivity contribution is -0.384. The summed E-state index contributed by atoms with van der Waals surface area (Å²) in [6.45, 7) is 3.75. The highest BCUT2D eigenvalue weighted by Crippen LogP contribution is 2.25. The van der Waals surface area contributed by atoms with E-state index in [4.69, 9.17) is 4.74 Å². The van der Waals surface area contributed by atoms with Crippen LogP contribution in [0, 0.1) is 17.0 Å². The predicted octanol–water partition coefficient (Wildman–Crippen LogP) is 4.07. The first-order chi connectivity index (χ1) is 15.9. The van der Waals surface area contributed by atoms with E-state index in [1.54, 1.807) is 13.0 Å². The van der Waals surface area contributed by atoms with Gasteiger partial charge >= 0.3 is 5.97 Å². The van der Waals surface area contributed by atoms with Gasteiger partial charge in [-0.05, 0) is 43.7 Å². The van der Waals surface area contributed by atoms with Gasteiger partial charge in [0.1, 0.15) is 5.56 Å². The molecule has 33 heavy (non-hydrogen) atoms. The summed E-state index contributed by atoms with van der Waals surface area (Å²) < 4.78 is 6.46. The summed E-state index contributed by atoms with van der Waals surface area (Å²) in [5.41, 5.74) is 1.76. The Kier molecular flexibility index (Phi) is 5.81. The molecule has 2 aromatic heterocycles. The van der Waals surface area contributed by atoms with Crippen molar-refractivity contribution in [3.8, 4) is 5.82 Å². The Morgan fingerprint density at radius 1 is 1.15 bits per heavy atom. The molecule has 0 aliphatic carbocycles. The second-order valence-corrected chi connectivity index (χ2v) is 7.11. The van der Waals surface area contributed by atoms with Crippen molar-refractivity contribution in [3.63, 3.8) is 0 Å². The maximum atomic E-state index is 12.9. The highest BCUT2D eigenvalue weighted by Gasteiger charge is 2.23. The fraction of sp³-hybridized carbons (Fsp3) is 0.130. The van der Waals surface area contributed by atoms with Crippen LogP contribution < -0.4 is 5.32 Å². The zero-order chi connectivity index (χ0) is 23.5. The number of benzene rings is 2. The molecule has 0 saturated heterocycles. The number of carbonyl (C=O) groups excluding carboxylic acids is 2. The van der Waals surface area contributed by atoms with Crippen molar-refractivity contribution in [2.24, 2.45) is 0 Å². The molecule has 166 valence electrons. The zero-order valence-corrected chi connectivity index (χ0v) is 17.8. The van der Waals surface area contributed by atoms with E-state index in [0.717, 1.165) is 16.5 Å². The molecule has 0 radical (unpaired) electrons. The Morgan fingerprint density at radius 3 is 2.58 bits per heavy atom. The summed E-state index contributed by atoms with van der Waals surface area (Å²) in [6.07, 6.45) is 1.30. The number of aromatic nitrogens is 3. The van der Waals surface area contributed by atoms with Gasteiger partial charge in [0.25, 0.3) is 11.6 Å². The molecule has 0 saturated carbocycles. The molecule has 0 atom stereocenters. The van der Waals surface area contributed by atoms with Gasteiger partial charge in [-0.3, -0.25) is 14.9 Å². The highest BCUT2D eigenvalue weighted by atomic mass is 16.6. The number of non-ortho nitro benzene ring substituents is 1. The van der Waals surface area contributed by atoms with Crippen LogP contribution in [0.4, 0.5) is 11.5 Å². The molecule has 4 rings (SSSR count). The van der Waals surface area contributed by atoms with Gasteiger partial charge in [0.05, 0.1) is 23.2 Å². The van der Waals surface area contributed by atoms with E-state index in [2.05, 4.69) is 15.4 Å². The molecule has 0 aliphatic rings. The van der Waals surface area contributed by atoms with Gasteiger partial charge in [-0.15, -0.1) is 0 Å². The van der Waals surface area contributed by atoms with Gasteiger partial charge < -0.3 is 10.1 Å². The van der Waals surface area contributed by atoms with Crippen molar-refractivity contribution in [1.29, 1.82) is 0 Å². The third-order valence-corrected chi connectivity index (χ3v) is 4.96. The first-order valence-electron chi connectivity index (χ1n) is 10.1. The first kappa shape index (κ1) is 21.6. The molecule has 0 bridgehead atoms. The maximum Gasteiger partial charge on any atom is 0.343 e. The van der Waals surface area contributed by atoms with E-state index in [0.29, 0.717) is 5.82 Å². The number of anilines is 1. The van der Waals surface area contributed by atoms with E-state index < -0.39 is 16.8 Å². The number of hydrogen-bond donors (Lipinski definition) is 1. The van der Waals surface area contributed by atoms with E-state index in [-0.39, 0.29) is 29.2 Å². The van der Waals surface area contributed by atoms with Crippen LogP contribution in [-0.4, -0.2) is 38.2 Å².